The zero-order valence-corrected chi connectivity index (χ0v) is 30.6. The third-order valence-corrected chi connectivity index (χ3v) is 9.11. The summed E-state index contributed by atoms with van der Waals surface area (Å²) in [6.07, 6.45) is -16.1. The highest BCUT2D eigenvalue weighted by Gasteiger charge is 2.97. The summed E-state index contributed by atoms with van der Waals surface area (Å²) in [4.78, 5) is 0. The lowest BCUT2D eigenvalue weighted by Gasteiger charge is -2.43. The first-order valence-electron chi connectivity index (χ1n) is 16.2. The Balaban J connectivity index is 2.41. The van der Waals surface area contributed by atoms with Crippen molar-refractivity contribution in [3.05, 3.63) is 71.4 Å². The molecule has 3 rings (SSSR count). The van der Waals surface area contributed by atoms with Crippen molar-refractivity contribution in [2.75, 3.05) is 0 Å². The molecule has 0 fully saturated rings. The van der Waals surface area contributed by atoms with Crippen LogP contribution in [0.15, 0.2) is 54.7 Å². The number of nitrogens with zero attached hydrogens (tertiary/aromatic N) is 3. The molecule has 1 aromatic heterocycles. The summed E-state index contributed by atoms with van der Waals surface area (Å²) >= 11 is 0. The number of aromatic nitrogens is 3. The van der Waals surface area contributed by atoms with Gasteiger partial charge in [0.25, 0.3) is 0 Å². The largest absolute Gasteiger partial charge is 0.460 e. The molecule has 1 heterocycles. The molecule has 0 unspecified atom stereocenters. The van der Waals surface area contributed by atoms with Crippen LogP contribution in [0.25, 0.3) is 11.3 Å². The summed E-state index contributed by atoms with van der Waals surface area (Å²) in [5, 5.41) is 6.32. The van der Waals surface area contributed by atoms with Gasteiger partial charge in [-0.15, -0.1) is 5.10 Å². The van der Waals surface area contributed by atoms with E-state index in [4.69, 9.17) is 0 Å². The predicted octanol–water partition coefficient (Wildman–Crippen LogP) is 13.9. The highest BCUT2D eigenvalue weighted by atomic mass is 19.4. The second kappa shape index (κ2) is 15.9. The van der Waals surface area contributed by atoms with Crippen LogP contribution in [-0.2, 0) is 18.4 Å². The summed E-state index contributed by atoms with van der Waals surface area (Å²) in [6.45, 7) is -2.00. The minimum Gasteiger partial charge on any atom is -0.247 e. The Labute approximate surface area is 349 Å². The van der Waals surface area contributed by atoms with Gasteiger partial charge in [0.05, 0.1) is 12.7 Å². The zero-order chi connectivity index (χ0) is 53.9. The molecular formula is C31H11F34N3. The lowest BCUT2D eigenvalue weighted by molar-refractivity contribution is -0.463. The van der Waals surface area contributed by atoms with E-state index >= 15 is 17.6 Å². The van der Waals surface area contributed by atoms with Crippen LogP contribution in [0, 0.1) is 0 Å². The quantitative estimate of drug-likeness (QED) is 0.126. The number of hydrogen-bond donors (Lipinski definition) is 0. The molecule has 0 amide bonds. The Kier molecular flexibility index (Phi) is 13.4. The topological polar surface area (TPSA) is 30.7 Å². The Morgan fingerprint density at radius 3 is 0.912 bits per heavy atom. The Hall–Kier alpha value is -4.80. The van der Waals surface area contributed by atoms with E-state index in [9.17, 15) is 132 Å². The maximum absolute atomic E-state index is 15.4. The highest BCUT2D eigenvalue weighted by molar-refractivity contribution is 5.57. The van der Waals surface area contributed by atoms with Crippen molar-refractivity contribution in [1.82, 2.24) is 15.0 Å². The number of alkyl halides is 34. The average Bonchev–Trinajstić information content (AvgIpc) is 3.64. The van der Waals surface area contributed by atoms with Crippen molar-refractivity contribution in [3.63, 3.8) is 0 Å². The first-order valence-corrected chi connectivity index (χ1v) is 16.2. The fourth-order valence-corrected chi connectivity index (χ4v) is 5.14. The molecule has 388 valence electrons. The molecule has 0 radical (unpaired) electrons. The molecule has 0 aliphatic carbocycles. The number of halogens is 34. The lowest BCUT2D eigenvalue weighted by Crippen LogP contribution is -2.74. The molecule has 0 aliphatic heterocycles. The van der Waals surface area contributed by atoms with Gasteiger partial charge in [0.2, 0.25) is 0 Å². The van der Waals surface area contributed by atoms with Gasteiger partial charge in [-0.1, -0.05) is 35.5 Å². The molecule has 0 spiro atoms. The SMILES string of the molecule is FC(F)(F)C(F)(F)C(F)(F)C(F)(F)C(F)(F)C(F)(F)C(F)(F)C(F)(F)c1cc(Cn2cc(-c3ccccc3)nn2)cc(C(F)(F)C(F)(F)C(F)(F)C(F)(F)C(F)(F)C(F)(F)C(F)(F)C(F)(F)F)c1. The standard InChI is InChI=1S/C31H11F34N3/c32-16(33,18(36,37)20(40,41)22(44,45)24(48,49)26(52,53)28(56,57)30(60,61)62)13-6-11(9-68-10-15(66-67-68)12-4-2-1-3-5-12)7-14(8-13)17(34,35)19(38,39)21(42,43)23(46,47)25(50,51)27(54,55)29(58,59)31(63,64)65/h1-8,10H,9H2. The molecule has 68 heavy (non-hydrogen) atoms. The van der Waals surface area contributed by atoms with E-state index < -0.39 is 142 Å². The Morgan fingerprint density at radius 2 is 0.618 bits per heavy atom. The van der Waals surface area contributed by atoms with Crippen LogP contribution in [0.5, 0.6) is 0 Å². The first-order chi connectivity index (χ1) is 29.6. The number of rotatable bonds is 17. The lowest BCUT2D eigenvalue weighted by atomic mass is 9.84. The molecule has 0 saturated carbocycles. The summed E-state index contributed by atoms with van der Waals surface area (Å²) in [6, 6.07) is 1.22. The van der Waals surface area contributed by atoms with Crippen LogP contribution in [0.4, 0.5) is 149 Å². The Morgan fingerprint density at radius 1 is 0.338 bits per heavy atom. The van der Waals surface area contributed by atoms with Crippen molar-refractivity contribution in [3.8, 4) is 11.3 Å². The molecule has 3 aromatic rings. The summed E-state index contributed by atoms with van der Waals surface area (Å²) in [5.41, 5.74) is -10.8. The Bertz CT molecular complexity index is 2170. The third kappa shape index (κ3) is 7.66. The second-order valence-corrected chi connectivity index (χ2v) is 13.6. The third-order valence-electron chi connectivity index (χ3n) is 9.11. The fourth-order valence-electron chi connectivity index (χ4n) is 5.14. The minimum absolute atomic E-state index is 0.0454. The minimum atomic E-state index is -9.42. The molecule has 0 saturated heterocycles. The summed E-state index contributed by atoms with van der Waals surface area (Å²) < 4.78 is 475. The maximum Gasteiger partial charge on any atom is 0.460 e. The van der Waals surface area contributed by atoms with Crippen LogP contribution in [0.3, 0.4) is 0 Å². The number of hydrogen-bond acceptors (Lipinski definition) is 2. The molecule has 2 aromatic carbocycles. The molecule has 0 atom stereocenters. The highest BCUT2D eigenvalue weighted by Crippen LogP contribution is 2.67. The van der Waals surface area contributed by atoms with Gasteiger partial charge in [-0.3, -0.25) is 0 Å². The van der Waals surface area contributed by atoms with Crippen molar-refractivity contribution in [1.29, 1.82) is 0 Å². The van der Waals surface area contributed by atoms with E-state index in [1.54, 1.807) is 0 Å². The van der Waals surface area contributed by atoms with E-state index in [1.165, 1.54) is 18.2 Å². The van der Waals surface area contributed by atoms with Gasteiger partial charge >= 0.3 is 95.3 Å². The van der Waals surface area contributed by atoms with E-state index in [-0.39, 0.29) is 10.2 Å². The fraction of sp³-hybridized carbons (Fsp3) is 0.548. The predicted molar refractivity (Wildman–Crippen MR) is 150 cm³/mol. The van der Waals surface area contributed by atoms with E-state index in [0.717, 1.165) is 12.1 Å². The summed E-state index contributed by atoms with van der Waals surface area (Å²) in [7, 11) is 0. The van der Waals surface area contributed by atoms with Gasteiger partial charge in [-0.05, 0) is 23.8 Å². The van der Waals surface area contributed by atoms with Crippen molar-refractivity contribution >= 4 is 0 Å². The summed E-state index contributed by atoms with van der Waals surface area (Å²) in [5.74, 6) is -126. The van der Waals surface area contributed by atoms with Crippen LogP contribution < -0.4 is 0 Å². The molecular weight excluding hydrogens is 1060 g/mol. The van der Waals surface area contributed by atoms with Crippen LogP contribution in [0.2, 0.25) is 0 Å². The van der Waals surface area contributed by atoms with E-state index in [2.05, 4.69) is 10.3 Å². The first kappa shape index (κ1) is 57.5. The normalized spacial score (nSPS) is 15.9. The smallest absolute Gasteiger partial charge is 0.247 e. The molecule has 0 aliphatic rings. The molecule has 0 bridgehead atoms. The second-order valence-electron chi connectivity index (χ2n) is 13.6. The monoisotopic (exact) mass is 1070 g/mol. The number of benzene rings is 2. The molecule has 3 nitrogen and oxygen atoms in total. The van der Waals surface area contributed by atoms with E-state index in [0.29, 0.717) is 6.20 Å². The van der Waals surface area contributed by atoms with Crippen LogP contribution >= 0.6 is 0 Å². The van der Waals surface area contributed by atoms with Gasteiger partial charge in [0, 0.05) is 16.7 Å². The van der Waals surface area contributed by atoms with Gasteiger partial charge in [0.1, 0.15) is 5.69 Å². The van der Waals surface area contributed by atoms with Gasteiger partial charge in [0.15, 0.2) is 0 Å². The maximum atomic E-state index is 15.4. The van der Waals surface area contributed by atoms with Crippen molar-refractivity contribution < 1.29 is 149 Å². The van der Waals surface area contributed by atoms with Crippen LogP contribution in [-0.4, -0.2) is 98.4 Å². The van der Waals surface area contributed by atoms with Gasteiger partial charge < -0.3 is 0 Å². The van der Waals surface area contributed by atoms with Gasteiger partial charge in [-0.25, -0.2) is 4.68 Å². The average molecular weight is 1070 g/mol. The zero-order valence-electron chi connectivity index (χ0n) is 30.6. The van der Waals surface area contributed by atoms with E-state index in [1.807, 2.05) is 0 Å². The van der Waals surface area contributed by atoms with Crippen LogP contribution in [0.1, 0.15) is 16.7 Å². The van der Waals surface area contributed by atoms with Crippen molar-refractivity contribution in [2.45, 2.75) is 102 Å². The molecule has 0 N–H and O–H groups in total. The van der Waals surface area contributed by atoms with Gasteiger partial charge in [-0.2, -0.15) is 149 Å². The van der Waals surface area contributed by atoms with Crippen molar-refractivity contribution in [2.24, 2.45) is 0 Å². The molecule has 37 heteroatoms.